The number of aryl methyl sites for hydroxylation is 2. The highest BCUT2D eigenvalue weighted by Crippen LogP contribution is 2.37. The first-order valence-corrected chi connectivity index (χ1v) is 7.63. The molecule has 2 aromatic heterocycles. The molecule has 2 atom stereocenters. The molecule has 1 aliphatic carbocycles. The number of nitrogens with zero attached hydrogens (tertiary/aromatic N) is 3. The van der Waals surface area contributed by atoms with E-state index in [0.29, 0.717) is 5.92 Å². The summed E-state index contributed by atoms with van der Waals surface area (Å²) in [6.07, 6.45) is 11.2. The average molecular weight is 269 g/mol. The Morgan fingerprint density at radius 2 is 1.95 bits per heavy atom. The van der Waals surface area contributed by atoms with Crippen LogP contribution >= 0.6 is 0 Å². The van der Waals surface area contributed by atoms with Crippen LogP contribution < -0.4 is 0 Å². The summed E-state index contributed by atoms with van der Waals surface area (Å²) in [6.45, 7) is 6.61. The fourth-order valence-corrected chi connectivity index (χ4v) is 3.36. The van der Waals surface area contributed by atoms with E-state index in [4.69, 9.17) is 4.98 Å². The topological polar surface area (TPSA) is 30.7 Å². The minimum absolute atomic E-state index is 0.636. The van der Waals surface area contributed by atoms with Crippen molar-refractivity contribution in [3.8, 4) is 5.69 Å². The summed E-state index contributed by atoms with van der Waals surface area (Å²) in [5.41, 5.74) is 4.83. The third-order valence-corrected chi connectivity index (χ3v) is 4.54. The van der Waals surface area contributed by atoms with Crippen molar-refractivity contribution in [1.29, 1.82) is 0 Å². The molecule has 0 bridgehead atoms. The molecule has 20 heavy (non-hydrogen) atoms. The fraction of sp³-hybridized carbons (Fsp3) is 0.529. The Labute approximate surface area is 121 Å². The van der Waals surface area contributed by atoms with E-state index >= 15 is 0 Å². The number of rotatable bonds is 2. The van der Waals surface area contributed by atoms with Gasteiger partial charge in [0.1, 0.15) is 0 Å². The summed E-state index contributed by atoms with van der Waals surface area (Å²) in [5.74, 6) is 1.39. The maximum absolute atomic E-state index is 4.78. The molecule has 0 aliphatic heterocycles. The second-order valence-electron chi connectivity index (χ2n) is 6.23. The highest BCUT2D eigenvalue weighted by molar-refractivity contribution is 5.36. The number of hydrogen-bond donors (Lipinski definition) is 0. The molecule has 1 fully saturated rings. The van der Waals surface area contributed by atoms with E-state index in [2.05, 4.69) is 31.9 Å². The Balaban J connectivity index is 1.91. The van der Waals surface area contributed by atoms with Crippen molar-refractivity contribution in [1.82, 2.24) is 14.8 Å². The zero-order valence-corrected chi connectivity index (χ0v) is 12.6. The van der Waals surface area contributed by atoms with Crippen LogP contribution in [0.25, 0.3) is 5.69 Å². The van der Waals surface area contributed by atoms with Gasteiger partial charge < -0.3 is 0 Å². The van der Waals surface area contributed by atoms with Crippen LogP contribution in [-0.4, -0.2) is 14.8 Å². The minimum atomic E-state index is 0.636. The van der Waals surface area contributed by atoms with Gasteiger partial charge in [-0.25, -0.2) is 4.68 Å². The lowest BCUT2D eigenvalue weighted by Gasteiger charge is -2.29. The molecule has 0 aromatic carbocycles. The van der Waals surface area contributed by atoms with E-state index in [1.165, 1.54) is 42.5 Å². The third-order valence-electron chi connectivity index (χ3n) is 4.54. The van der Waals surface area contributed by atoms with Gasteiger partial charge in [0.2, 0.25) is 0 Å². The summed E-state index contributed by atoms with van der Waals surface area (Å²) in [4.78, 5) is 4.78. The van der Waals surface area contributed by atoms with E-state index in [9.17, 15) is 0 Å². The first kappa shape index (κ1) is 13.3. The molecule has 3 heteroatoms. The Kier molecular flexibility index (Phi) is 3.60. The zero-order valence-electron chi connectivity index (χ0n) is 12.6. The standard InChI is InChI=1S/C17H23N3/c1-12-9-19-20(11-12)15-8-14(3)17(18-10-15)16-7-5-4-6-13(16)2/h8-11,13,16H,4-7H2,1-3H3/t13-,16?/m0/s1. The van der Waals surface area contributed by atoms with Crippen LogP contribution in [0.3, 0.4) is 0 Å². The first-order valence-electron chi connectivity index (χ1n) is 7.63. The molecule has 1 saturated carbocycles. The van der Waals surface area contributed by atoms with Gasteiger partial charge in [0, 0.05) is 17.8 Å². The molecule has 1 aliphatic rings. The summed E-state index contributed by atoms with van der Waals surface area (Å²) in [6, 6.07) is 2.22. The van der Waals surface area contributed by atoms with Gasteiger partial charge in [-0.15, -0.1) is 0 Å². The van der Waals surface area contributed by atoms with Crippen LogP contribution in [0.15, 0.2) is 24.7 Å². The minimum Gasteiger partial charge on any atom is -0.258 e. The summed E-state index contributed by atoms with van der Waals surface area (Å²) in [5, 5.41) is 4.36. The Morgan fingerprint density at radius 3 is 2.60 bits per heavy atom. The largest absolute Gasteiger partial charge is 0.258 e. The molecule has 0 N–H and O–H groups in total. The molecule has 2 aromatic rings. The molecule has 106 valence electrons. The highest BCUT2D eigenvalue weighted by atomic mass is 15.3. The molecule has 3 rings (SSSR count). The van der Waals surface area contributed by atoms with Crippen molar-refractivity contribution >= 4 is 0 Å². The van der Waals surface area contributed by atoms with Gasteiger partial charge in [0.05, 0.1) is 18.1 Å². The van der Waals surface area contributed by atoms with Gasteiger partial charge >= 0.3 is 0 Å². The maximum atomic E-state index is 4.78. The second kappa shape index (κ2) is 5.39. The normalized spacial score (nSPS) is 22.9. The van der Waals surface area contributed by atoms with Gasteiger partial charge in [0.25, 0.3) is 0 Å². The van der Waals surface area contributed by atoms with Crippen molar-refractivity contribution in [2.45, 2.75) is 52.4 Å². The van der Waals surface area contributed by atoms with E-state index in [0.717, 1.165) is 11.6 Å². The lowest BCUT2D eigenvalue weighted by atomic mass is 9.77. The number of hydrogen-bond acceptors (Lipinski definition) is 2. The first-order chi connectivity index (χ1) is 9.65. The quantitative estimate of drug-likeness (QED) is 0.819. The van der Waals surface area contributed by atoms with Crippen LogP contribution in [0.4, 0.5) is 0 Å². The predicted octanol–water partition coefficient (Wildman–Crippen LogP) is 4.18. The lowest BCUT2D eigenvalue weighted by molar-refractivity contribution is 0.324. The molecular weight excluding hydrogens is 246 g/mol. The maximum Gasteiger partial charge on any atom is 0.0831 e. The predicted molar refractivity (Wildman–Crippen MR) is 81.2 cm³/mol. The number of aromatic nitrogens is 3. The molecule has 0 radical (unpaired) electrons. The van der Waals surface area contributed by atoms with Crippen LogP contribution in [0.1, 0.15) is 55.3 Å². The van der Waals surface area contributed by atoms with E-state index < -0.39 is 0 Å². The van der Waals surface area contributed by atoms with Crippen LogP contribution in [0.2, 0.25) is 0 Å². The lowest BCUT2D eigenvalue weighted by Crippen LogP contribution is -2.17. The van der Waals surface area contributed by atoms with Crippen molar-refractivity contribution in [2.75, 3.05) is 0 Å². The summed E-state index contributed by atoms with van der Waals surface area (Å²) >= 11 is 0. The summed E-state index contributed by atoms with van der Waals surface area (Å²) in [7, 11) is 0. The molecular formula is C17H23N3. The van der Waals surface area contributed by atoms with Crippen LogP contribution in [-0.2, 0) is 0 Å². The van der Waals surface area contributed by atoms with Crippen molar-refractivity contribution in [3.63, 3.8) is 0 Å². The molecule has 2 heterocycles. The van der Waals surface area contributed by atoms with E-state index in [-0.39, 0.29) is 0 Å². The van der Waals surface area contributed by atoms with Crippen molar-refractivity contribution in [2.24, 2.45) is 5.92 Å². The molecule has 3 nitrogen and oxygen atoms in total. The van der Waals surface area contributed by atoms with Gasteiger partial charge in [0.15, 0.2) is 0 Å². The van der Waals surface area contributed by atoms with E-state index in [1.807, 2.05) is 23.3 Å². The molecule has 0 spiro atoms. The Bertz CT molecular complexity index is 600. The fourth-order valence-electron chi connectivity index (χ4n) is 3.36. The zero-order chi connectivity index (χ0) is 14.1. The van der Waals surface area contributed by atoms with Crippen LogP contribution in [0.5, 0.6) is 0 Å². The average Bonchev–Trinajstić information content (AvgIpc) is 2.86. The Morgan fingerprint density at radius 1 is 1.15 bits per heavy atom. The monoisotopic (exact) mass is 269 g/mol. The molecule has 1 unspecified atom stereocenters. The summed E-state index contributed by atoms with van der Waals surface area (Å²) < 4.78 is 1.91. The third kappa shape index (κ3) is 2.49. The Hall–Kier alpha value is -1.64. The van der Waals surface area contributed by atoms with Crippen LogP contribution in [0, 0.1) is 19.8 Å². The SMILES string of the molecule is Cc1cnn(-c2cnc(C3CCCC[C@@H]3C)c(C)c2)c1. The van der Waals surface area contributed by atoms with Gasteiger partial charge in [-0.3, -0.25) is 4.98 Å². The van der Waals surface area contributed by atoms with Crippen molar-refractivity contribution < 1.29 is 0 Å². The number of pyridine rings is 1. The van der Waals surface area contributed by atoms with Gasteiger partial charge in [-0.1, -0.05) is 26.2 Å². The smallest absolute Gasteiger partial charge is 0.0831 e. The van der Waals surface area contributed by atoms with Crippen molar-refractivity contribution in [3.05, 3.63) is 41.5 Å². The highest BCUT2D eigenvalue weighted by Gasteiger charge is 2.25. The van der Waals surface area contributed by atoms with Gasteiger partial charge in [-0.05, 0) is 43.4 Å². The molecule has 0 amide bonds. The molecule has 0 saturated heterocycles. The van der Waals surface area contributed by atoms with Gasteiger partial charge in [-0.2, -0.15) is 5.10 Å². The van der Waals surface area contributed by atoms with E-state index in [1.54, 1.807) is 0 Å². The second-order valence-corrected chi connectivity index (χ2v) is 6.23.